The van der Waals surface area contributed by atoms with Gasteiger partial charge in [-0.2, -0.15) is 0 Å². The highest BCUT2D eigenvalue weighted by molar-refractivity contribution is 5.83. The molecule has 0 aliphatic carbocycles. The van der Waals surface area contributed by atoms with Crippen LogP contribution >= 0.6 is 0 Å². The number of rotatable bonds is 3. The molecule has 0 aromatic heterocycles. The molecule has 90 valence electrons. The van der Waals surface area contributed by atoms with Crippen LogP contribution in [0.25, 0.3) is 6.08 Å². The molecule has 1 aromatic rings. The van der Waals surface area contributed by atoms with Gasteiger partial charge in [-0.1, -0.05) is 37.3 Å². The predicted octanol–water partition coefficient (Wildman–Crippen LogP) is 3.10. The molecule has 2 nitrogen and oxygen atoms in total. The molecule has 1 saturated heterocycles. The second kappa shape index (κ2) is 5.67. The molecule has 1 aliphatic rings. The van der Waals surface area contributed by atoms with E-state index >= 15 is 0 Å². The van der Waals surface area contributed by atoms with Crippen LogP contribution in [0.3, 0.4) is 0 Å². The second-order valence-corrected chi connectivity index (χ2v) is 4.50. The number of hydrogen-bond donors (Lipinski definition) is 0. The highest BCUT2D eigenvalue weighted by Gasteiger charge is 2.19. The number of ketones is 1. The van der Waals surface area contributed by atoms with Gasteiger partial charge in [-0.3, -0.25) is 4.79 Å². The van der Waals surface area contributed by atoms with E-state index in [0.717, 1.165) is 19.5 Å². The molecule has 1 aliphatic heterocycles. The van der Waals surface area contributed by atoms with E-state index in [0.29, 0.717) is 18.6 Å². The van der Waals surface area contributed by atoms with Gasteiger partial charge in [-0.15, -0.1) is 0 Å². The molecule has 1 heterocycles. The van der Waals surface area contributed by atoms with E-state index in [1.165, 1.54) is 11.3 Å². The molecule has 0 atom stereocenters. The standard InChI is InChI=1S/C15H19NO/c1-2-9-16-10-8-15(17)12-14(16)11-13-6-4-3-5-7-13/h3-7,11H,2,8-10,12H2,1H3. The van der Waals surface area contributed by atoms with E-state index in [-0.39, 0.29) is 0 Å². The Balaban J connectivity index is 2.19. The first kappa shape index (κ1) is 11.9. The van der Waals surface area contributed by atoms with Gasteiger partial charge in [0, 0.05) is 31.6 Å². The van der Waals surface area contributed by atoms with E-state index in [9.17, 15) is 4.79 Å². The molecule has 0 radical (unpaired) electrons. The highest BCUT2D eigenvalue weighted by atomic mass is 16.1. The number of likely N-dealkylation sites (tertiary alicyclic amines) is 1. The number of allylic oxidation sites excluding steroid dienone is 1. The maximum absolute atomic E-state index is 11.5. The van der Waals surface area contributed by atoms with Crippen LogP contribution in [0.1, 0.15) is 31.7 Å². The third-order valence-corrected chi connectivity index (χ3v) is 3.07. The van der Waals surface area contributed by atoms with E-state index < -0.39 is 0 Å². The molecule has 1 fully saturated rings. The van der Waals surface area contributed by atoms with E-state index in [4.69, 9.17) is 0 Å². The molecule has 0 saturated carbocycles. The molecule has 1 aromatic carbocycles. The van der Waals surface area contributed by atoms with E-state index in [1.54, 1.807) is 0 Å². The first-order valence-electron chi connectivity index (χ1n) is 6.32. The van der Waals surface area contributed by atoms with Gasteiger partial charge in [0.25, 0.3) is 0 Å². The Morgan fingerprint density at radius 1 is 1.29 bits per heavy atom. The molecule has 17 heavy (non-hydrogen) atoms. The van der Waals surface area contributed by atoms with Crippen LogP contribution < -0.4 is 0 Å². The smallest absolute Gasteiger partial charge is 0.140 e. The van der Waals surface area contributed by atoms with Crippen LogP contribution in [-0.2, 0) is 4.79 Å². The summed E-state index contributed by atoms with van der Waals surface area (Å²) in [7, 11) is 0. The van der Waals surface area contributed by atoms with Gasteiger partial charge < -0.3 is 4.90 Å². The van der Waals surface area contributed by atoms with Crippen LogP contribution in [0.15, 0.2) is 36.0 Å². The maximum atomic E-state index is 11.5. The Bertz CT molecular complexity index is 408. The van der Waals surface area contributed by atoms with E-state index in [1.807, 2.05) is 18.2 Å². The van der Waals surface area contributed by atoms with Crippen molar-refractivity contribution in [2.45, 2.75) is 26.2 Å². The van der Waals surface area contributed by atoms with Crippen molar-refractivity contribution in [1.82, 2.24) is 4.90 Å². The van der Waals surface area contributed by atoms with Crippen molar-refractivity contribution in [3.63, 3.8) is 0 Å². The molecule has 0 bridgehead atoms. The fourth-order valence-electron chi connectivity index (χ4n) is 2.21. The van der Waals surface area contributed by atoms with Crippen LogP contribution in [0.2, 0.25) is 0 Å². The van der Waals surface area contributed by atoms with Crippen molar-refractivity contribution in [3.05, 3.63) is 41.6 Å². The minimum atomic E-state index is 0.361. The summed E-state index contributed by atoms with van der Waals surface area (Å²) < 4.78 is 0. The minimum absolute atomic E-state index is 0.361. The fraction of sp³-hybridized carbons (Fsp3) is 0.400. The normalized spacial score (nSPS) is 18.8. The fourth-order valence-corrected chi connectivity index (χ4v) is 2.21. The lowest BCUT2D eigenvalue weighted by Gasteiger charge is -2.30. The first-order valence-corrected chi connectivity index (χ1v) is 6.32. The van der Waals surface area contributed by atoms with Crippen LogP contribution in [0, 0.1) is 0 Å². The zero-order valence-electron chi connectivity index (χ0n) is 10.4. The van der Waals surface area contributed by atoms with Crippen molar-refractivity contribution in [2.24, 2.45) is 0 Å². The van der Waals surface area contributed by atoms with Gasteiger partial charge >= 0.3 is 0 Å². The van der Waals surface area contributed by atoms with Crippen LogP contribution in [0.4, 0.5) is 0 Å². The maximum Gasteiger partial charge on any atom is 0.140 e. The van der Waals surface area contributed by atoms with Crippen molar-refractivity contribution in [1.29, 1.82) is 0 Å². The summed E-state index contributed by atoms with van der Waals surface area (Å²) in [6, 6.07) is 10.2. The van der Waals surface area contributed by atoms with Crippen molar-refractivity contribution < 1.29 is 4.79 Å². The Morgan fingerprint density at radius 2 is 2.06 bits per heavy atom. The lowest BCUT2D eigenvalue weighted by atomic mass is 10.0. The van der Waals surface area contributed by atoms with Gasteiger partial charge in [-0.25, -0.2) is 0 Å². The SMILES string of the molecule is CCCN1CCC(=O)CC1=Cc1ccccc1. The molecule has 0 amide bonds. The predicted molar refractivity (Wildman–Crippen MR) is 70.5 cm³/mol. The average molecular weight is 229 g/mol. The van der Waals surface area contributed by atoms with Gasteiger partial charge in [0.1, 0.15) is 5.78 Å². The number of benzene rings is 1. The molecule has 0 unspecified atom stereocenters. The third-order valence-electron chi connectivity index (χ3n) is 3.07. The summed E-state index contributed by atoms with van der Waals surface area (Å²) in [6.07, 6.45) is 4.56. The zero-order chi connectivity index (χ0) is 12.1. The zero-order valence-corrected chi connectivity index (χ0v) is 10.4. The molecule has 2 heteroatoms. The number of piperidine rings is 1. The average Bonchev–Trinajstić information content (AvgIpc) is 2.34. The Hall–Kier alpha value is -1.57. The summed E-state index contributed by atoms with van der Waals surface area (Å²) in [5.41, 5.74) is 2.35. The van der Waals surface area contributed by atoms with Gasteiger partial charge in [-0.05, 0) is 18.1 Å². The summed E-state index contributed by atoms with van der Waals surface area (Å²) in [4.78, 5) is 13.9. The molecular formula is C15H19NO. The number of carbonyl (C=O) groups excluding carboxylic acids is 1. The Morgan fingerprint density at radius 3 is 2.76 bits per heavy atom. The number of nitrogens with zero attached hydrogens (tertiary/aromatic N) is 1. The quantitative estimate of drug-likeness (QED) is 0.793. The Labute approximate surface area is 103 Å². The summed E-state index contributed by atoms with van der Waals surface area (Å²) >= 11 is 0. The molecular weight excluding hydrogens is 210 g/mol. The third kappa shape index (κ3) is 3.19. The lowest BCUT2D eigenvalue weighted by molar-refractivity contribution is -0.120. The largest absolute Gasteiger partial charge is 0.374 e. The number of hydrogen-bond acceptors (Lipinski definition) is 2. The van der Waals surface area contributed by atoms with Crippen LogP contribution in [-0.4, -0.2) is 23.8 Å². The molecule has 0 spiro atoms. The van der Waals surface area contributed by atoms with Crippen molar-refractivity contribution in [3.8, 4) is 0 Å². The molecule has 2 rings (SSSR count). The van der Waals surface area contributed by atoms with Gasteiger partial charge in [0.05, 0.1) is 0 Å². The summed E-state index contributed by atoms with van der Waals surface area (Å²) in [5.74, 6) is 0.361. The summed E-state index contributed by atoms with van der Waals surface area (Å²) in [6.45, 7) is 4.11. The highest BCUT2D eigenvalue weighted by Crippen LogP contribution is 2.21. The van der Waals surface area contributed by atoms with Gasteiger partial charge in [0.2, 0.25) is 0 Å². The second-order valence-electron chi connectivity index (χ2n) is 4.50. The summed E-state index contributed by atoms with van der Waals surface area (Å²) in [5, 5.41) is 0. The number of carbonyl (C=O) groups is 1. The van der Waals surface area contributed by atoms with Crippen LogP contribution in [0.5, 0.6) is 0 Å². The molecule has 0 N–H and O–H groups in total. The van der Waals surface area contributed by atoms with Gasteiger partial charge in [0.15, 0.2) is 0 Å². The van der Waals surface area contributed by atoms with Crippen molar-refractivity contribution >= 4 is 11.9 Å². The lowest BCUT2D eigenvalue weighted by Crippen LogP contribution is -2.32. The first-order chi connectivity index (χ1) is 8.29. The van der Waals surface area contributed by atoms with E-state index in [2.05, 4.69) is 30.0 Å². The Kier molecular flexibility index (Phi) is 3.97. The topological polar surface area (TPSA) is 20.3 Å². The minimum Gasteiger partial charge on any atom is -0.374 e. The van der Waals surface area contributed by atoms with Crippen molar-refractivity contribution in [2.75, 3.05) is 13.1 Å². The number of Topliss-reactive ketones (excluding diaryl/α,β-unsaturated/α-hetero) is 1. The monoisotopic (exact) mass is 229 g/mol.